The van der Waals surface area contributed by atoms with Crippen LogP contribution in [0.2, 0.25) is 0 Å². The Kier molecular flexibility index (Phi) is 4.82. The third-order valence-electron chi connectivity index (χ3n) is 2.66. The van der Waals surface area contributed by atoms with E-state index >= 15 is 0 Å². The molecule has 0 spiro atoms. The van der Waals surface area contributed by atoms with E-state index < -0.39 is 15.8 Å². The van der Waals surface area contributed by atoms with Crippen LogP contribution in [0.25, 0.3) is 0 Å². The first kappa shape index (κ1) is 16.4. The molecular weight excluding hydrogens is 375 g/mol. The molecule has 2 rings (SSSR count). The Labute approximate surface area is 135 Å². The van der Waals surface area contributed by atoms with Crippen LogP contribution in [0.4, 0.5) is 15.8 Å². The molecule has 0 aliphatic heterocycles. The number of nitrogens with one attached hydrogen (secondary N) is 2. The molecule has 0 fully saturated rings. The Balaban J connectivity index is 2.37. The summed E-state index contributed by atoms with van der Waals surface area (Å²) in [5.41, 5.74) is 0.0423. The number of carbonyl (C=O) groups is 1. The number of benzene rings is 2. The quantitative estimate of drug-likeness (QED) is 0.845. The molecule has 2 aromatic rings. The average molecular weight is 387 g/mol. The van der Waals surface area contributed by atoms with Gasteiger partial charge in [0.2, 0.25) is 5.91 Å². The molecule has 0 aromatic heterocycles. The summed E-state index contributed by atoms with van der Waals surface area (Å²) in [6.07, 6.45) is 0. The van der Waals surface area contributed by atoms with Gasteiger partial charge in [0.1, 0.15) is 10.7 Å². The van der Waals surface area contributed by atoms with Crippen LogP contribution < -0.4 is 10.0 Å². The maximum Gasteiger partial charge on any atom is 0.263 e. The highest BCUT2D eigenvalue weighted by Gasteiger charge is 2.19. The molecule has 2 aromatic carbocycles. The van der Waals surface area contributed by atoms with Crippen LogP contribution >= 0.6 is 15.9 Å². The largest absolute Gasteiger partial charge is 0.326 e. The number of halogens is 2. The lowest BCUT2D eigenvalue weighted by Crippen LogP contribution is -2.15. The molecule has 22 heavy (non-hydrogen) atoms. The summed E-state index contributed by atoms with van der Waals surface area (Å²) in [5.74, 6) is -1.09. The maximum absolute atomic E-state index is 13.8. The minimum Gasteiger partial charge on any atom is -0.326 e. The van der Waals surface area contributed by atoms with E-state index in [-0.39, 0.29) is 16.5 Å². The third kappa shape index (κ3) is 3.83. The van der Waals surface area contributed by atoms with Crippen molar-refractivity contribution in [3.8, 4) is 0 Å². The van der Waals surface area contributed by atoms with E-state index in [9.17, 15) is 17.6 Å². The van der Waals surface area contributed by atoms with Crippen molar-refractivity contribution in [3.05, 3.63) is 52.8 Å². The van der Waals surface area contributed by atoms with Crippen LogP contribution in [0, 0.1) is 5.82 Å². The van der Waals surface area contributed by atoms with Crippen molar-refractivity contribution in [3.63, 3.8) is 0 Å². The summed E-state index contributed by atoms with van der Waals surface area (Å²) in [6, 6.07) is 9.81. The van der Waals surface area contributed by atoms with Gasteiger partial charge in [0.05, 0.1) is 5.69 Å². The van der Waals surface area contributed by atoms with Crippen molar-refractivity contribution >= 4 is 43.2 Å². The minimum atomic E-state index is -3.96. The molecule has 2 N–H and O–H groups in total. The summed E-state index contributed by atoms with van der Waals surface area (Å²) in [6.45, 7) is 1.30. The van der Waals surface area contributed by atoms with Gasteiger partial charge < -0.3 is 5.32 Å². The van der Waals surface area contributed by atoms with E-state index in [1.165, 1.54) is 25.1 Å². The predicted octanol–water partition coefficient (Wildman–Crippen LogP) is 3.35. The van der Waals surface area contributed by atoms with Gasteiger partial charge in [0, 0.05) is 17.1 Å². The zero-order chi connectivity index (χ0) is 16.3. The summed E-state index contributed by atoms with van der Waals surface area (Å²) >= 11 is 3.14. The standard InChI is InChI=1S/C14H12BrFN2O3S/c1-9(19)17-10-6-7-12(16)13(8-10)18-22(20,21)14-5-3-2-4-11(14)15/h2-8,18H,1H3,(H,17,19). The van der Waals surface area contributed by atoms with Crippen LogP contribution in [-0.4, -0.2) is 14.3 Å². The number of rotatable bonds is 4. The first-order valence-electron chi connectivity index (χ1n) is 6.14. The van der Waals surface area contributed by atoms with Gasteiger partial charge in [0.25, 0.3) is 10.0 Å². The molecule has 0 saturated carbocycles. The van der Waals surface area contributed by atoms with E-state index in [1.54, 1.807) is 18.2 Å². The zero-order valence-electron chi connectivity index (χ0n) is 11.4. The van der Waals surface area contributed by atoms with E-state index in [1.807, 2.05) is 0 Å². The van der Waals surface area contributed by atoms with Crippen LogP contribution in [-0.2, 0) is 14.8 Å². The maximum atomic E-state index is 13.8. The van der Waals surface area contributed by atoms with Crippen molar-refractivity contribution in [1.29, 1.82) is 0 Å². The highest BCUT2D eigenvalue weighted by atomic mass is 79.9. The molecule has 0 bridgehead atoms. The van der Waals surface area contributed by atoms with Crippen molar-refractivity contribution < 1.29 is 17.6 Å². The molecule has 0 aliphatic carbocycles. The van der Waals surface area contributed by atoms with Gasteiger partial charge in [-0.3, -0.25) is 9.52 Å². The smallest absolute Gasteiger partial charge is 0.263 e. The fourth-order valence-corrected chi connectivity index (χ4v) is 3.81. The third-order valence-corrected chi connectivity index (χ3v) is 5.03. The first-order valence-corrected chi connectivity index (χ1v) is 8.42. The van der Waals surface area contributed by atoms with E-state index in [0.717, 1.165) is 6.07 Å². The second kappa shape index (κ2) is 6.45. The molecule has 0 radical (unpaired) electrons. The van der Waals surface area contributed by atoms with Crippen LogP contribution in [0.1, 0.15) is 6.92 Å². The molecular formula is C14H12BrFN2O3S. The molecule has 116 valence electrons. The molecule has 8 heteroatoms. The lowest BCUT2D eigenvalue weighted by atomic mass is 10.2. The summed E-state index contributed by atoms with van der Waals surface area (Å²) in [5, 5.41) is 2.46. The number of carbonyl (C=O) groups excluding carboxylic acids is 1. The SMILES string of the molecule is CC(=O)Nc1ccc(F)c(NS(=O)(=O)c2ccccc2Br)c1. The van der Waals surface area contributed by atoms with Gasteiger partial charge in [0.15, 0.2) is 0 Å². The Hall–Kier alpha value is -1.93. The van der Waals surface area contributed by atoms with Gasteiger partial charge in [-0.2, -0.15) is 0 Å². The minimum absolute atomic E-state index is 0.0145. The summed E-state index contributed by atoms with van der Waals surface area (Å²) in [7, 11) is -3.96. The highest BCUT2D eigenvalue weighted by molar-refractivity contribution is 9.10. The molecule has 5 nitrogen and oxygen atoms in total. The number of anilines is 2. The predicted molar refractivity (Wildman–Crippen MR) is 85.7 cm³/mol. The van der Waals surface area contributed by atoms with E-state index in [2.05, 4.69) is 26.0 Å². The van der Waals surface area contributed by atoms with E-state index in [0.29, 0.717) is 10.2 Å². The Morgan fingerprint density at radius 2 is 1.86 bits per heavy atom. The molecule has 0 heterocycles. The van der Waals surface area contributed by atoms with Crippen molar-refractivity contribution in [2.45, 2.75) is 11.8 Å². The number of amides is 1. The summed E-state index contributed by atoms with van der Waals surface area (Å²) in [4.78, 5) is 11.0. The number of sulfonamides is 1. The van der Waals surface area contributed by atoms with Crippen molar-refractivity contribution in [2.24, 2.45) is 0 Å². The summed E-state index contributed by atoms with van der Waals surface area (Å²) < 4.78 is 41.0. The lowest BCUT2D eigenvalue weighted by Gasteiger charge is -2.11. The normalized spacial score (nSPS) is 11.0. The molecule has 0 aliphatic rings. The van der Waals surface area contributed by atoms with Crippen molar-refractivity contribution in [1.82, 2.24) is 0 Å². The van der Waals surface area contributed by atoms with Gasteiger partial charge >= 0.3 is 0 Å². The highest BCUT2D eigenvalue weighted by Crippen LogP contribution is 2.26. The van der Waals surface area contributed by atoms with Gasteiger partial charge in [-0.1, -0.05) is 12.1 Å². The fraction of sp³-hybridized carbons (Fsp3) is 0.0714. The van der Waals surface area contributed by atoms with Crippen LogP contribution in [0.15, 0.2) is 51.8 Å². The number of hydrogen-bond acceptors (Lipinski definition) is 3. The second-order valence-corrected chi connectivity index (χ2v) is 6.92. The zero-order valence-corrected chi connectivity index (χ0v) is 13.8. The van der Waals surface area contributed by atoms with E-state index in [4.69, 9.17) is 0 Å². The Morgan fingerprint density at radius 1 is 1.18 bits per heavy atom. The topological polar surface area (TPSA) is 75.3 Å². The monoisotopic (exact) mass is 386 g/mol. The molecule has 0 unspecified atom stereocenters. The molecule has 1 amide bonds. The molecule has 0 saturated heterocycles. The average Bonchev–Trinajstić information content (AvgIpc) is 2.42. The van der Waals surface area contributed by atoms with Crippen LogP contribution in [0.3, 0.4) is 0 Å². The lowest BCUT2D eigenvalue weighted by molar-refractivity contribution is -0.114. The van der Waals surface area contributed by atoms with Crippen molar-refractivity contribution in [2.75, 3.05) is 10.0 Å². The van der Waals surface area contributed by atoms with Crippen LogP contribution in [0.5, 0.6) is 0 Å². The first-order chi connectivity index (χ1) is 10.3. The van der Waals surface area contributed by atoms with Gasteiger partial charge in [-0.25, -0.2) is 12.8 Å². The van der Waals surface area contributed by atoms with Gasteiger partial charge in [-0.05, 0) is 46.3 Å². The second-order valence-electron chi connectivity index (χ2n) is 4.41. The number of hydrogen-bond donors (Lipinski definition) is 2. The fourth-order valence-electron chi connectivity index (χ4n) is 1.75. The Morgan fingerprint density at radius 3 is 2.50 bits per heavy atom. The Bertz CT molecular complexity index is 825. The molecule has 0 atom stereocenters. The van der Waals surface area contributed by atoms with Gasteiger partial charge in [-0.15, -0.1) is 0 Å².